The minimum Gasteiger partial charge on any atom is -0.362 e. The van der Waals surface area contributed by atoms with Crippen LogP contribution in [0.3, 0.4) is 0 Å². The van der Waals surface area contributed by atoms with Crippen molar-refractivity contribution in [3.8, 4) is 0 Å². The number of thiocarbonyl (C=S) groups is 1. The summed E-state index contributed by atoms with van der Waals surface area (Å²) in [5.41, 5.74) is 2.30. The molecule has 2 N–H and O–H groups in total. The summed E-state index contributed by atoms with van der Waals surface area (Å²) in [6.07, 6.45) is 9.30. The minimum atomic E-state index is 0.727. The molecule has 0 aliphatic carbocycles. The van der Waals surface area contributed by atoms with Crippen molar-refractivity contribution in [1.29, 1.82) is 0 Å². The van der Waals surface area contributed by atoms with Crippen LogP contribution in [-0.2, 0) is 0 Å². The van der Waals surface area contributed by atoms with E-state index in [4.69, 9.17) is 12.2 Å². The first kappa shape index (κ1) is 17.0. The van der Waals surface area contributed by atoms with Crippen LogP contribution in [0.25, 0.3) is 0 Å². The zero-order valence-corrected chi connectivity index (χ0v) is 13.7. The lowest BCUT2D eigenvalue weighted by atomic mass is 10.1. The van der Waals surface area contributed by atoms with Gasteiger partial charge in [-0.1, -0.05) is 63.6 Å². The highest BCUT2D eigenvalue weighted by molar-refractivity contribution is 7.80. The Bertz CT molecular complexity index is 390. The molecule has 0 bridgehead atoms. The normalized spacial score (nSPS) is 10.3. The Labute approximate surface area is 129 Å². The van der Waals surface area contributed by atoms with Crippen molar-refractivity contribution in [2.45, 2.75) is 58.8 Å². The van der Waals surface area contributed by atoms with Crippen molar-refractivity contribution in [3.63, 3.8) is 0 Å². The van der Waals surface area contributed by atoms with E-state index in [9.17, 15) is 0 Å². The Morgan fingerprint density at radius 2 is 1.65 bits per heavy atom. The van der Waals surface area contributed by atoms with Gasteiger partial charge in [-0.15, -0.1) is 0 Å². The van der Waals surface area contributed by atoms with Crippen molar-refractivity contribution in [2.75, 3.05) is 11.9 Å². The monoisotopic (exact) mass is 292 g/mol. The molecule has 0 spiro atoms. The van der Waals surface area contributed by atoms with Gasteiger partial charge in [0.05, 0.1) is 0 Å². The molecule has 2 nitrogen and oxygen atoms in total. The van der Waals surface area contributed by atoms with E-state index in [1.807, 2.05) is 12.1 Å². The number of para-hydroxylation sites is 1. The second-order valence-corrected chi connectivity index (χ2v) is 5.73. The Hall–Kier alpha value is -1.09. The SMILES string of the molecule is CCCCCCCCCNC(=S)Nc1ccccc1C. The summed E-state index contributed by atoms with van der Waals surface area (Å²) in [5.74, 6) is 0. The van der Waals surface area contributed by atoms with Crippen molar-refractivity contribution >= 4 is 23.0 Å². The van der Waals surface area contributed by atoms with E-state index in [2.05, 4.69) is 36.6 Å². The fraction of sp³-hybridized carbons (Fsp3) is 0.588. The van der Waals surface area contributed by atoms with Crippen molar-refractivity contribution in [1.82, 2.24) is 5.32 Å². The van der Waals surface area contributed by atoms with E-state index >= 15 is 0 Å². The van der Waals surface area contributed by atoms with Crippen LogP contribution >= 0.6 is 12.2 Å². The summed E-state index contributed by atoms with van der Waals surface area (Å²) in [6, 6.07) is 8.20. The predicted octanol–water partition coefficient (Wildman–Crippen LogP) is 5.03. The van der Waals surface area contributed by atoms with Gasteiger partial charge in [0.15, 0.2) is 5.11 Å². The van der Waals surface area contributed by atoms with Gasteiger partial charge in [-0.25, -0.2) is 0 Å². The molecule has 0 radical (unpaired) electrons. The van der Waals surface area contributed by atoms with Gasteiger partial charge in [0.1, 0.15) is 0 Å². The zero-order valence-electron chi connectivity index (χ0n) is 12.9. The number of rotatable bonds is 9. The molecule has 0 amide bonds. The highest BCUT2D eigenvalue weighted by Crippen LogP contribution is 2.12. The van der Waals surface area contributed by atoms with E-state index in [0.29, 0.717) is 0 Å². The first-order chi connectivity index (χ1) is 9.74. The van der Waals surface area contributed by atoms with Crippen LogP contribution in [0.15, 0.2) is 24.3 Å². The van der Waals surface area contributed by atoms with E-state index in [1.54, 1.807) is 0 Å². The van der Waals surface area contributed by atoms with E-state index in [-0.39, 0.29) is 0 Å². The average molecular weight is 292 g/mol. The summed E-state index contributed by atoms with van der Waals surface area (Å²) in [7, 11) is 0. The maximum atomic E-state index is 5.31. The molecule has 0 aromatic heterocycles. The summed E-state index contributed by atoms with van der Waals surface area (Å²) >= 11 is 5.31. The molecule has 20 heavy (non-hydrogen) atoms. The van der Waals surface area contributed by atoms with Gasteiger partial charge in [-0.05, 0) is 37.2 Å². The Balaban J connectivity index is 2.05. The van der Waals surface area contributed by atoms with E-state index in [0.717, 1.165) is 17.3 Å². The molecule has 3 heteroatoms. The summed E-state index contributed by atoms with van der Waals surface area (Å²) in [4.78, 5) is 0. The number of hydrogen-bond acceptors (Lipinski definition) is 1. The standard InChI is InChI=1S/C17H28N2S/c1-3-4-5-6-7-8-11-14-18-17(20)19-16-13-10-9-12-15(16)2/h9-10,12-13H,3-8,11,14H2,1-2H3,(H2,18,19,20). The number of nitrogens with one attached hydrogen (secondary N) is 2. The second-order valence-electron chi connectivity index (χ2n) is 5.32. The Kier molecular flexibility index (Phi) is 9.05. The molecule has 1 aromatic rings. The highest BCUT2D eigenvalue weighted by atomic mass is 32.1. The van der Waals surface area contributed by atoms with Crippen molar-refractivity contribution in [2.24, 2.45) is 0 Å². The Morgan fingerprint density at radius 3 is 2.35 bits per heavy atom. The third kappa shape index (κ3) is 7.49. The fourth-order valence-corrected chi connectivity index (χ4v) is 2.38. The molecular formula is C17H28N2S. The molecule has 0 saturated heterocycles. The number of aryl methyl sites for hydroxylation is 1. The van der Waals surface area contributed by atoms with Crippen molar-refractivity contribution in [3.05, 3.63) is 29.8 Å². The molecule has 1 aromatic carbocycles. The van der Waals surface area contributed by atoms with Gasteiger partial charge < -0.3 is 10.6 Å². The zero-order chi connectivity index (χ0) is 14.6. The van der Waals surface area contributed by atoms with Crippen LogP contribution < -0.4 is 10.6 Å². The van der Waals surface area contributed by atoms with Crippen LogP contribution in [-0.4, -0.2) is 11.7 Å². The van der Waals surface area contributed by atoms with Gasteiger partial charge in [-0.2, -0.15) is 0 Å². The first-order valence-electron chi connectivity index (χ1n) is 7.84. The number of benzene rings is 1. The molecule has 0 fully saturated rings. The van der Waals surface area contributed by atoms with Crippen molar-refractivity contribution < 1.29 is 0 Å². The molecule has 1 rings (SSSR count). The maximum absolute atomic E-state index is 5.31. The number of hydrogen-bond donors (Lipinski definition) is 2. The van der Waals surface area contributed by atoms with Gasteiger partial charge in [0, 0.05) is 12.2 Å². The van der Waals surface area contributed by atoms with Crippen LogP contribution in [0.4, 0.5) is 5.69 Å². The lowest BCUT2D eigenvalue weighted by Crippen LogP contribution is -2.29. The second kappa shape index (κ2) is 10.7. The maximum Gasteiger partial charge on any atom is 0.170 e. The molecule has 0 atom stereocenters. The molecule has 0 unspecified atom stereocenters. The highest BCUT2D eigenvalue weighted by Gasteiger charge is 1.99. The van der Waals surface area contributed by atoms with E-state index < -0.39 is 0 Å². The van der Waals surface area contributed by atoms with Crippen LogP contribution in [0.2, 0.25) is 0 Å². The molecule has 0 saturated carbocycles. The summed E-state index contributed by atoms with van der Waals surface area (Å²) in [6.45, 7) is 5.30. The molecule has 112 valence electrons. The number of anilines is 1. The lowest BCUT2D eigenvalue weighted by Gasteiger charge is -2.12. The Morgan fingerprint density at radius 1 is 1.00 bits per heavy atom. The van der Waals surface area contributed by atoms with Gasteiger partial charge >= 0.3 is 0 Å². The van der Waals surface area contributed by atoms with Crippen LogP contribution in [0.5, 0.6) is 0 Å². The minimum absolute atomic E-state index is 0.727. The topological polar surface area (TPSA) is 24.1 Å². The van der Waals surface area contributed by atoms with E-state index in [1.165, 1.54) is 50.5 Å². The smallest absolute Gasteiger partial charge is 0.170 e. The third-order valence-electron chi connectivity index (χ3n) is 3.46. The largest absolute Gasteiger partial charge is 0.362 e. The van der Waals surface area contributed by atoms with Crippen LogP contribution in [0, 0.1) is 6.92 Å². The van der Waals surface area contributed by atoms with Gasteiger partial charge in [-0.3, -0.25) is 0 Å². The quantitative estimate of drug-likeness (QED) is 0.493. The first-order valence-corrected chi connectivity index (χ1v) is 8.25. The van der Waals surface area contributed by atoms with Crippen LogP contribution in [0.1, 0.15) is 57.4 Å². The predicted molar refractivity (Wildman–Crippen MR) is 93.4 cm³/mol. The molecular weight excluding hydrogens is 264 g/mol. The molecule has 0 aliphatic heterocycles. The van der Waals surface area contributed by atoms with Gasteiger partial charge in [0.2, 0.25) is 0 Å². The lowest BCUT2D eigenvalue weighted by molar-refractivity contribution is 0.586. The number of unbranched alkanes of at least 4 members (excludes halogenated alkanes) is 6. The fourth-order valence-electron chi connectivity index (χ4n) is 2.16. The molecule has 0 aliphatic rings. The molecule has 0 heterocycles. The summed E-state index contributed by atoms with van der Waals surface area (Å²) < 4.78 is 0. The summed E-state index contributed by atoms with van der Waals surface area (Å²) in [5, 5.41) is 7.26. The van der Waals surface area contributed by atoms with Gasteiger partial charge in [0.25, 0.3) is 0 Å². The third-order valence-corrected chi connectivity index (χ3v) is 3.71. The average Bonchev–Trinajstić information content (AvgIpc) is 2.44.